The number of rotatable bonds is 2. The van der Waals surface area contributed by atoms with Gasteiger partial charge in [-0.2, -0.15) is 0 Å². The summed E-state index contributed by atoms with van der Waals surface area (Å²) in [5.41, 5.74) is -0.111. The largest absolute Gasteiger partial charge is 0.383 e. The molecule has 0 aliphatic carbocycles. The molecule has 0 aliphatic heterocycles. The van der Waals surface area contributed by atoms with Crippen molar-refractivity contribution in [1.29, 1.82) is 0 Å². The molecule has 0 amide bonds. The van der Waals surface area contributed by atoms with Crippen LogP contribution in [-0.2, 0) is 0 Å². The Morgan fingerprint density at radius 3 is 2.57 bits per heavy atom. The van der Waals surface area contributed by atoms with Crippen LogP contribution in [0.15, 0.2) is 36.4 Å². The maximum absolute atomic E-state index is 14.1. The first-order valence-electron chi connectivity index (χ1n) is 6.29. The van der Waals surface area contributed by atoms with E-state index in [4.69, 9.17) is 0 Å². The number of thiophene rings is 1. The third kappa shape index (κ3) is 2.43. The van der Waals surface area contributed by atoms with Crippen molar-refractivity contribution in [3.8, 4) is 0 Å². The first-order chi connectivity index (χ1) is 9.97. The molecule has 2 aromatic carbocycles. The number of aryl methyl sites for hydroxylation is 1. The van der Waals surface area contributed by atoms with Crippen LogP contribution in [0.3, 0.4) is 0 Å². The second-order valence-electron chi connectivity index (χ2n) is 4.83. The van der Waals surface area contributed by atoms with Gasteiger partial charge in [-0.25, -0.2) is 13.2 Å². The Morgan fingerprint density at radius 2 is 1.81 bits per heavy atom. The predicted octanol–water partition coefficient (Wildman–Crippen LogP) is 4.71. The van der Waals surface area contributed by atoms with Gasteiger partial charge in [0.2, 0.25) is 0 Å². The maximum Gasteiger partial charge on any atom is 0.135 e. The van der Waals surface area contributed by atoms with Crippen molar-refractivity contribution in [2.24, 2.45) is 0 Å². The summed E-state index contributed by atoms with van der Waals surface area (Å²) < 4.78 is 41.7. The van der Waals surface area contributed by atoms with Crippen LogP contribution in [-0.4, -0.2) is 5.11 Å². The Labute approximate surface area is 123 Å². The van der Waals surface area contributed by atoms with E-state index in [0.717, 1.165) is 22.8 Å². The van der Waals surface area contributed by atoms with Crippen LogP contribution in [0.5, 0.6) is 0 Å². The van der Waals surface area contributed by atoms with Gasteiger partial charge in [-0.15, -0.1) is 11.3 Å². The van der Waals surface area contributed by atoms with Crippen molar-refractivity contribution in [2.45, 2.75) is 13.0 Å². The molecule has 0 aliphatic rings. The molecular weight excluding hydrogens is 297 g/mol. The van der Waals surface area contributed by atoms with Gasteiger partial charge in [0, 0.05) is 9.58 Å². The molecule has 3 rings (SSSR count). The van der Waals surface area contributed by atoms with E-state index in [9.17, 15) is 18.3 Å². The number of hydrogen-bond acceptors (Lipinski definition) is 2. The number of aliphatic hydroxyl groups excluding tert-OH is 1. The zero-order chi connectivity index (χ0) is 15.1. The molecule has 0 spiro atoms. The minimum absolute atomic E-state index is 0.262. The highest BCUT2D eigenvalue weighted by Crippen LogP contribution is 2.35. The summed E-state index contributed by atoms with van der Waals surface area (Å²) in [6.07, 6.45) is -1.41. The van der Waals surface area contributed by atoms with Gasteiger partial charge < -0.3 is 5.11 Å². The van der Waals surface area contributed by atoms with Crippen molar-refractivity contribution in [3.05, 3.63) is 69.9 Å². The second-order valence-corrected chi connectivity index (χ2v) is 5.94. The Morgan fingerprint density at radius 1 is 1.05 bits per heavy atom. The molecule has 5 heteroatoms. The van der Waals surface area contributed by atoms with E-state index in [-0.39, 0.29) is 11.1 Å². The van der Waals surface area contributed by atoms with E-state index in [0.29, 0.717) is 9.58 Å². The van der Waals surface area contributed by atoms with Crippen molar-refractivity contribution in [2.75, 3.05) is 0 Å². The van der Waals surface area contributed by atoms with Crippen LogP contribution in [0.1, 0.15) is 22.1 Å². The van der Waals surface area contributed by atoms with Gasteiger partial charge in [-0.1, -0.05) is 12.1 Å². The summed E-state index contributed by atoms with van der Waals surface area (Å²) in [5, 5.41) is 11.0. The number of aliphatic hydroxyl groups is 1. The van der Waals surface area contributed by atoms with Crippen molar-refractivity contribution < 1.29 is 18.3 Å². The molecule has 1 N–H and O–H groups in total. The predicted molar refractivity (Wildman–Crippen MR) is 76.9 cm³/mol. The van der Waals surface area contributed by atoms with Crippen LogP contribution in [0.4, 0.5) is 13.2 Å². The van der Waals surface area contributed by atoms with Gasteiger partial charge in [0.05, 0.1) is 5.56 Å². The van der Waals surface area contributed by atoms with Crippen LogP contribution in [0.25, 0.3) is 10.1 Å². The van der Waals surface area contributed by atoms with Crippen molar-refractivity contribution in [3.63, 3.8) is 0 Å². The molecule has 0 radical (unpaired) electrons. The molecule has 1 heterocycles. The molecule has 1 nitrogen and oxygen atoms in total. The minimum atomic E-state index is -1.41. The Bertz CT molecular complexity index is 826. The van der Waals surface area contributed by atoms with Gasteiger partial charge in [0.15, 0.2) is 0 Å². The summed E-state index contributed by atoms with van der Waals surface area (Å²) >= 11 is 1.11. The fourth-order valence-corrected chi connectivity index (χ4v) is 3.32. The Balaban J connectivity index is 2.12. The average molecular weight is 308 g/mol. The highest BCUT2D eigenvalue weighted by molar-refractivity contribution is 7.19. The Kier molecular flexibility index (Phi) is 3.47. The molecule has 1 unspecified atom stereocenters. The van der Waals surface area contributed by atoms with Gasteiger partial charge >= 0.3 is 0 Å². The van der Waals surface area contributed by atoms with Crippen molar-refractivity contribution >= 4 is 21.4 Å². The molecule has 1 atom stereocenters. The molecular formula is C16H11F3OS. The zero-order valence-electron chi connectivity index (χ0n) is 11.0. The monoisotopic (exact) mass is 308 g/mol. The topological polar surface area (TPSA) is 20.2 Å². The molecule has 0 saturated heterocycles. The molecule has 0 bridgehead atoms. The molecule has 0 saturated carbocycles. The quantitative estimate of drug-likeness (QED) is 0.727. The summed E-state index contributed by atoms with van der Waals surface area (Å²) in [4.78, 5) is 0.374. The lowest BCUT2D eigenvalue weighted by Crippen LogP contribution is -2.05. The molecule has 0 fully saturated rings. The van der Waals surface area contributed by atoms with E-state index in [1.807, 2.05) is 0 Å². The summed E-state index contributed by atoms with van der Waals surface area (Å²) in [6.45, 7) is 1.51. The Hall–Kier alpha value is -1.85. The standard InChI is InChI=1S/C16H11F3OS/c1-8-2-5-11(18)14(15(8)19)16(20)13-6-9-3-4-10(17)7-12(9)21-13/h2-7,16,20H,1H3. The first kappa shape index (κ1) is 14.1. The third-order valence-electron chi connectivity index (χ3n) is 3.36. The van der Waals surface area contributed by atoms with Gasteiger partial charge in [-0.05, 0) is 42.1 Å². The lowest BCUT2D eigenvalue weighted by Gasteiger charge is -2.12. The van der Waals surface area contributed by atoms with Crippen LogP contribution < -0.4 is 0 Å². The number of hydrogen-bond donors (Lipinski definition) is 1. The minimum Gasteiger partial charge on any atom is -0.383 e. The normalized spacial score (nSPS) is 12.8. The van der Waals surface area contributed by atoms with Crippen LogP contribution in [0, 0.1) is 24.4 Å². The van der Waals surface area contributed by atoms with E-state index < -0.39 is 23.6 Å². The summed E-state index contributed by atoms with van der Waals surface area (Å²) in [7, 11) is 0. The number of fused-ring (bicyclic) bond motifs is 1. The second kappa shape index (κ2) is 5.16. The highest BCUT2D eigenvalue weighted by Gasteiger charge is 2.22. The van der Waals surface area contributed by atoms with E-state index in [1.165, 1.54) is 25.1 Å². The maximum atomic E-state index is 14.1. The van der Waals surface area contributed by atoms with Gasteiger partial charge in [0.1, 0.15) is 23.6 Å². The molecule has 1 aromatic heterocycles. The highest BCUT2D eigenvalue weighted by atomic mass is 32.1. The van der Waals surface area contributed by atoms with Gasteiger partial charge in [0.25, 0.3) is 0 Å². The van der Waals surface area contributed by atoms with Crippen LogP contribution >= 0.6 is 11.3 Å². The molecule has 21 heavy (non-hydrogen) atoms. The fourth-order valence-electron chi connectivity index (χ4n) is 2.23. The van der Waals surface area contributed by atoms with E-state index in [1.54, 1.807) is 12.1 Å². The summed E-state index contributed by atoms with van der Waals surface area (Å²) in [5.74, 6) is -1.95. The van der Waals surface area contributed by atoms with E-state index in [2.05, 4.69) is 0 Å². The SMILES string of the molecule is Cc1ccc(F)c(C(O)c2cc3ccc(F)cc3s2)c1F. The molecule has 108 valence electrons. The lowest BCUT2D eigenvalue weighted by molar-refractivity contribution is 0.212. The van der Waals surface area contributed by atoms with E-state index >= 15 is 0 Å². The van der Waals surface area contributed by atoms with Crippen molar-refractivity contribution in [1.82, 2.24) is 0 Å². The molecule has 3 aromatic rings. The average Bonchev–Trinajstić information content (AvgIpc) is 2.86. The number of halogens is 3. The number of benzene rings is 2. The smallest absolute Gasteiger partial charge is 0.135 e. The van der Waals surface area contributed by atoms with Crippen LogP contribution in [0.2, 0.25) is 0 Å². The fraction of sp³-hybridized carbons (Fsp3) is 0.125. The first-order valence-corrected chi connectivity index (χ1v) is 7.10. The third-order valence-corrected chi connectivity index (χ3v) is 4.51. The van der Waals surface area contributed by atoms with Gasteiger partial charge in [-0.3, -0.25) is 0 Å². The lowest BCUT2D eigenvalue weighted by atomic mass is 10.0. The zero-order valence-corrected chi connectivity index (χ0v) is 11.8. The summed E-state index contributed by atoms with van der Waals surface area (Å²) in [6, 6.07) is 8.27.